The minimum atomic E-state index is -0.0163. The van der Waals surface area contributed by atoms with E-state index in [2.05, 4.69) is 12.2 Å². The normalized spacial score (nSPS) is 35.7. The minimum Gasteiger partial charge on any atom is -0.644 e. The van der Waals surface area contributed by atoms with E-state index in [-0.39, 0.29) is 41.2 Å². The molecule has 0 spiro atoms. The Balaban J connectivity index is 0.00000225. The first-order valence-corrected chi connectivity index (χ1v) is 9.86. The van der Waals surface area contributed by atoms with E-state index in [9.17, 15) is 4.79 Å². The topological polar surface area (TPSA) is 61.7 Å². The van der Waals surface area contributed by atoms with Crippen LogP contribution in [-0.4, -0.2) is 44.5 Å². The van der Waals surface area contributed by atoms with Crippen LogP contribution in [0.3, 0.4) is 0 Å². The van der Waals surface area contributed by atoms with Crippen molar-refractivity contribution in [3.8, 4) is 0 Å². The molecule has 1 aliphatic heterocycles. The van der Waals surface area contributed by atoms with Crippen molar-refractivity contribution in [2.45, 2.75) is 76.6 Å². The Morgan fingerprint density at radius 2 is 1.84 bits per heavy atom. The molecule has 2 saturated carbocycles. The molecule has 25 heavy (non-hydrogen) atoms. The fourth-order valence-electron chi connectivity index (χ4n) is 4.94. The van der Waals surface area contributed by atoms with E-state index in [0.717, 1.165) is 32.1 Å². The zero-order valence-electron chi connectivity index (χ0n) is 15.5. The van der Waals surface area contributed by atoms with E-state index in [4.69, 9.17) is 14.8 Å². The molecule has 0 amide bonds. The van der Waals surface area contributed by atoms with E-state index in [0.29, 0.717) is 31.1 Å². The quantitative estimate of drug-likeness (QED) is 0.422. The largest absolute Gasteiger partial charge is 1.00 e. The van der Waals surface area contributed by atoms with Gasteiger partial charge in [0.05, 0.1) is 18.6 Å². The number of carbonyl (C=O) groups is 1. The van der Waals surface area contributed by atoms with Gasteiger partial charge in [0.25, 0.3) is 0 Å². The molecule has 2 aliphatic carbocycles. The first-order valence-electron chi connectivity index (χ1n) is 9.86. The average molecular weight is 401 g/mol. The van der Waals surface area contributed by atoms with Gasteiger partial charge in [-0.1, -0.05) is 51.1 Å². The molecule has 148 valence electrons. The number of rotatable bonds is 6. The van der Waals surface area contributed by atoms with Gasteiger partial charge < -0.3 is 20.1 Å². The van der Waals surface area contributed by atoms with Crippen LogP contribution in [-0.2, 0) is 31.3 Å². The third kappa shape index (κ3) is 5.20. The first kappa shape index (κ1) is 21.2. The molecule has 6 heteroatoms. The van der Waals surface area contributed by atoms with Gasteiger partial charge in [0.1, 0.15) is 6.61 Å². The molecule has 3 rings (SSSR count). The molecular formula is C19H33CuN2O3. The van der Waals surface area contributed by atoms with Gasteiger partial charge in [0.15, 0.2) is 0 Å². The number of nitrogens with one attached hydrogen (secondary N) is 1. The summed E-state index contributed by atoms with van der Waals surface area (Å²) in [5.74, 6) is 1.21. The van der Waals surface area contributed by atoms with Gasteiger partial charge in [-0.3, -0.25) is 4.79 Å². The molecule has 1 heterocycles. The van der Waals surface area contributed by atoms with Gasteiger partial charge in [-0.2, -0.15) is 0 Å². The Morgan fingerprint density at radius 3 is 2.56 bits per heavy atom. The summed E-state index contributed by atoms with van der Waals surface area (Å²) in [5, 5.41) is 8.19. The van der Waals surface area contributed by atoms with Gasteiger partial charge in [-0.25, -0.2) is 0 Å². The van der Waals surface area contributed by atoms with Gasteiger partial charge >= 0.3 is 23.0 Å². The van der Waals surface area contributed by atoms with Crippen molar-refractivity contribution in [1.82, 2.24) is 5.32 Å². The molecular weight excluding hydrogens is 368 g/mol. The molecule has 5 atom stereocenters. The third-order valence-corrected chi connectivity index (χ3v) is 6.22. The molecule has 0 aromatic carbocycles. The number of hydrogen-bond acceptors (Lipinski definition) is 4. The Labute approximate surface area is 162 Å². The zero-order valence-corrected chi connectivity index (χ0v) is 16.5. The summed E-state index contributed by atoms with van der Waals surface area (Å²) in [7, 11) is 1.99. The number of esters is 1. The summed E-state index contributed by atoms with van der Waals surface area (Å²) in [4.78, 5) is 12.1. The van der Waals surface area contributed by atoms with Crippen molar-refractivity contribution in [2.75, 3.05) is 20.3 Å². The van der Waals surface area contributed by atoms with Crippen LogP contribution in [0, 0.1) is 17.8 Å². The molecule has 0 bridgehead atoms. The van der Waals surface area contributed by atoms with Gasteiger partial charge in [-0.05, 0) is 32.2 Å². The van der Waals surface area contributed by atoms with E-state index in [1.807, 2.05) is 7.05 Å². The van der Waals surface area contributed by atoms with Crippen LogP contribution in [0.5, 0.6) is 0 Å². The van der Waals surface area contributed by atoms with Crippen LogP contribution in [0.4, 0.5) is 0 Å². The fraction of sp³-hybridized carbons (Fsp3) is 0.947. The minimum absolute atomic E-state index is 0. The Kier molecular flexibility index (Phi) is 8.70. The van der Waals surface area contributed by atoms with Gasteiger partial charge in [-0.15, -0.1) is 6.04 Å². The van der Waals surface area contributed by atoms with Crippen LogP contribution in [0.25, 0.3) is 5.32 Å². The second-order valence-electron chi connectivity index (χ2n) is 7.71. The van der Waals surface area contributed by atoms with Gasteiger partial charge in [0, 0.05) is 0 Å². The van der Waals surface area contributed by atoms with E-state index >= 15 is 0 Å². The predicted molar refractivity (Wildman–Crippen MR) is 93.8 cm³/mol. The summed E-state index contributed by atoms with van der Waals surface area (Å²) >= 11 is 0. The molecule has 0 aromatic rings. The maximum Gasteiger partial charge on any atom is 1.00 e. The van der Waals surface area contributed by atoms with Crippen molar-refractivity contribution in [3.05, 3.63) is 5.32 Å². The molecule has 0 radical (unpaired) electrons. The molecule has 3 aliphatic rings. The van der Waals surface area contributed by atoms with Gasteiger partial charge in [0.2, 0.25) is 0 Å². The summed E-state index contributed by atoms with van der Waals surface area (Å²) < 4.78 is 11.6. The number of fused-ring (bicyclic) bond motifs is 1. The molecule has 1 N–H and O–H groups in total. The van der Waals surface area contributed by atoms with Crippen molar-refractivity contribution in [3.63, 3.8) is 0 Å². The number of nitrogens with zero attached hydrogens (tertiary/aromatic N) is 1. The molecule has 1 saturated heterocycles. The Bertz CT molecular complexity index is 417. The van der Waals surface area contributed by atoms with Crippen LogP contribution in [0.2, 0.25) is 0 Å². The number of hydrogen-bond donors (Lipinski definition) is 1. The van der Waals surface area contributed by atoms with Crippen molar-refractivity contribution in [2.24, 2.45) is 17.8 Å². The van der Waals surface area contributed by atoms with Crippen molar-refractivity contribution < 1.29 is 31.3 Å². The summed E-state index contributed by atoms with van der Waals surface area (Å²) in [6.45, 7) is 3.13. The smallest absolute Gasteiger partial charge is 0.644 e. The molecule has 5 unspecified atom stereocenters. The number of ether oxygens (including phenoxy) is 2. The van der Waals surface area contributed by atoms with E-state index < -0.39 is 0 Å². The van der Waals surface area contributed by atoms with Crippen LogP contribution in [0.1, 0.15) is 58.3 Å². The second-order valence-corrected chi connectivity index (χ2v) is 7.71. The Hall–Kier alpha value is -0.131. The Morgan fingerprint density at radius 1 is 1.08 bits per heavy atom. The molecule has 0 aromatic heterocycles. The zero-order chi connectivity index (χ0) is 16.9. The van der Waals surface area contributed by atoms with Crippen molar-refractivity contribution >= 4 is 5.97 Å². The third-order valence-electron chi connectivity index (χ3n) is 6.22. The van der Waals surface area contributed by atoms with Crippen LogP contribution >= 0.6 is 0 Å². The molecule has 5 nitrogen and oxygen atoms in total. The maximum absolute atomic E-state index is 12.1. The maximum atomic E-state index is 12.1. The van der Waals surface area contributed by atoms with E-state index in [1.54, 1.807) is 0 Å². The SMILES string of the molecule is CNC1[N-]C(C)C2CCCC(OCCOC(=O)C3CCCCC3)C12.[Cu+]. The van der Waals surface area contributed by atoms with E-state index in [1.165, 1.54) is 19.3 Å². The number of carbonyl (C=O) groups excluding carboxylic acids is 1. The van der Waals surface area contributed by atoms with Crippen LogP contribution < -0.4 is 5.32 Å². The fourth-order valence-corrected chi connectivity index (χ4v) is 4.94. The summed E-state index contributed by atoms with van der Waals surface area (Å²) in [5.41, 5.74) is 0. The molecule has 3 fully saturated rings. The summed E-state index contributed by atoms with van der Waals surface area (Å²) in [6.07, 6.45) is 9.58. The average Bonchev–Trinajstić information content (AvgIpc) is 2.96. The van der Waals surface area contributed by atoms with Crippen LogP contribution in [0.15, 0.2) is 0 Å². The standard InChI is InChI=1S/C19H33N2O3.Cu/c1-13-15-9-6-10-16(17(15)18(20-2)21-13)23-11-12-24-19(22)14-7-4-3-5-8-14;/h13-18,20H,3-12H2,1-2H3;/q-1;+1. The monoisotopic (exact) mass is 400 g/mol. The first-order chi connectivity index (χ1) is 11.7. The second kappa shape index (κ2) is 10.3. The summed E-state index contributed by atoms with van der Waals surface area (Å²) in [6, 6.07) is 0.419. The van der Waals surface area contributed by atoms with Crippen molar-refractivity contribution in [1.29, 1.82) is 0 Å². The predicted octanol–water partition coefficient (Wildman–Crippen LogP) is 3.23.